The van der Waals surface area contributed by atoms with E-state index in [1.54, 1.807) is 36.4 Å². The van der Waals surface area contributed by atoms with Gasteiger partial charge in [-0.15, -0.1) is 0 Å². The standard InChI is InChI=1S/C25H25Cl2N3O3S/c1-18-5-7-24(8-6-18)34(32,33)30-11-9-29(10-12-30)17-19-3-2-4-20(13-19)25(31)28-23-15-21(26)14-22(27)16-23/h2-8,13-16H,9-12,17H2,1H3,(H,28,31). The van der Waals surface area contributed by atoms with Crippen LogP contribution in [0, 0.1) is 6.92 Å². The van der Waals surface area contributed by atoms with Crippen LogP contribution in [0.5, 0.6) is 0 Å². The molecule has 0 bridgehead atoms. The van der Waals surface area contributed by atoms with Crippen LogP contribution in [0.3, 0.4) is 0 Å². The van der Waals surface area contributed by atoms with Crippen LogP contribution in [0.4, 0.5) is 5.69 Å². The van der Waals surface area contributed by atoms with E-state index in [1.807, 2.05) is 37.3 Å². The molecule has 0 aromatic heterocycles. The molecule has 0 radical (unpaired) electrons. The molecule has 3 aromatic carbocycles. The summed E-state index contributed by atoms with van der Waals surface area (Å²) in [5.74, 6) is -0.255. The van der Waals surface area contributed by atoms with Gasteiger partial charge in [0.15, 0.2) is 0 Å². The average molecular weight is 518 g/mol. The number of aryl methyl sites for hydroxylation is 1. The number of sulfonamides is 1. The number of amides is 1. The minimum Gasteiger partial charge on any atom is -0.322 e. The normalized spacial score (nSPS) is 15.3. The summed E-state index contributed by atoms with van der Waals surface area (Å²) in [6.07, 6.45) is 0. The topological polar surface area (TPSA) is 69.7 Å². The largest absolute Gasteiger partial charge is 0.322 e. The number of rotatable bonds is 6. The Hall–Kier alpha value is -2.42. The first-order valence-electron chi connectivity index (χ1n) is 10.9. The van der Waals surface area contributed by atoms with Crippen molar-refractivity contribution in [3.63, 3.8) is 0 Å². The van der Waals surface area contributed by atoms with E-state index in [-0.39, 0.29) is 5.91 Å². The maximum absolute atomic E-state index is 12.9. The van der Waals surface area contributed by atoms with Gasteiger partial charge < -0.3 is 5.32 Å². The van der Waals surface area contributed by atoms with Gasteiger partial charge in [0.05, 0.1) is 4.90 Å². The zero-order valence-electron chi connectivity index (χ0n) is 18.7. The number of nitrogens with zero attached hydrogens (tertiary/aromatic N) is 2. The van der Waals surface area contributed by atoms with E-state index in [2.05, 4.69) is 10.2 Å². The molecule has 0 unspecified atom stereocenters. The number of hydrogen-bond acceptors (Lipinski definition) is 4. The molecule has 1 N–H and O–H groups in total. The Labute approximate surface area is 210 Å². The van der Waals surface area contributed by atoms with Crippen molar-refractivity contribution < 1.29 is 13.2 Å². The number of benzene rings is 3. The van der Waals surface area contributed by atoms with Crippen LogP contribution in [0.25, 0.3) is 0 Å². The van der Waals surface area contributed by atoms with Crippen LogP contribution in [0.2, 0.25) is 10.0 Å². The molecule has 1 aliphatic rings. The van der Waals surface area contributed by atoms with Gasteiger partial charge in [-0.2, -0.15) is 4.31 Å². The van der Waals surface area contributed by atoms with Crippen molar-refractivity contribution in [3.05, 3.63) is 93.5 Å². The molecule has 1 saturated heterocycles. The number of anilines is 1. The Kier molecular flexibility index (Phi) is 7.60. The van der Waals surface area contributed by atoms with Crippen LogP contribution in [0.1, 0.15) is 21.5 Å². The average Bonchev–Trinajstić information content (AvgIpc) is 2.79. The number of piperazine rings is 1. The summed E-state index contributed by atoms with van der Waals surface area (Å²) in [5, 5.41) is 3.71. The zero-order chi connectivity index (χ0) is 24.3. The van der Waals surface area contributed by atoms with Crippen molar-refractivity contribution in [1.82, 2.24) is 9.21 Å². The van der Waals surface area contributed by atoms with E-state index >= 15 is 0 Å². The molecule has 4 rings (SSSR count). The maximum atomic E-state index is 12.9. The molecule has 1 aliphatic heterocycles. The third-order valence-corrected chi connectivity index (χ3v) is 8.06. The molecule has 1 fully saturated rings. The minimum absolute atomic E-state index is 0.255. The lowest BCUT2D eigenvalue weighted by molar-refractivity contribution is 0.102. The second-order valence-corrected chi connectivity index (χ2v) is 11.1. The van der Waals surface area contributed by atoms with Crippen molar-refractivity contribution in [1.29, 1.82) is 0 Å². The van der Waals surface area contributed by atoms with E-state index in [0.29, 0.717) is 58.9 Å². The van der Waals surface area contributed by atoms with Gasteiger partial charge in [-0.1, -0.05) is 53.0 Å². The van der Waals surface area contributed by atoms with E-state index < -0.39 is 10.0 Å². The maximum Gasteiger partial charge on any atom is 0.255 e. The van der Waals surface area contributed by atoms with Crippen LogP contribution >= 0.6 is 23.2 Å². The van der Waals surface area contributed by atoms with E-state index in [4.69, 9.17) is 23.2 Å². The first kappa shape index (κ1) is 24.7. The van der Waals surface area contributed by atoms with Gasteiger partial charge in [0.1, 0.15) is 0 Å². The predicted octanol–water partition coefficient (Wildman–Crippen LogP) is 5.06. The third-order valence-electron chi connectivity index (χ3n) is 5.71. The molecule has 0 atom stereocenters. The molecule has 1 heterocycles. The number of halogens is 2. The summed E-state index contributed by atoms with van der Waals surface area (Å²) >= 11 is 12.0. The third kappa shape index (κ3) is 5.98. The zero-order valence-corrected chi connectivity index (χ0v) is 21.0. The van der Waals surface area contributed by atoms with Gasteiger partial charge in [0, 0.05) is 54.0 Å². The first-order chi connectivity index (χ1) is 16.2. The Morgan fingerprint density at radius 2 is 1.56 bits per heavy atom. The highest BCUT2D eigenvalue weighted by molar-refractivity contribution is 7.89. The molecule has 6 nitrogen and oxygen atoms in total. The summed E-state index contributed by atoms with van der Waals surface area (Å²) in [4.78, 5) is 15.2. The Bertz CT molecular complexity index is 1270. The van der Waals surface area contributed by atoms with Gasteiger partial charge in [0.25, 0.3) is 5.91 Å². The lowest BCUT2D eigenvalue weighted by Crippen LogP contribution is -2.48. The van der Waals surface area contributed by atoms with Crippen molar-refractivity contribution >= 4 is 44.8 Å². The second kappa shape index (κ2) is 10.5. The van der Waals surface area contributed by atoms with Gasteiger partial charge in [-0.05, 0) is 55.0 Å². The van der Waals surface area contributed by atoms with Crippen molar-refractivity contribution in [2.45, 2.75) is 18.4 Å². The number of hydrogen-bond donors (Lipinski definition) is 1. The fraction of sp³-hybridized carbons (Fsp3) is 0.240. The quantitative estimate of drug-likeness (QED) is 0.496. The monoisotopic (exact) mass is 517 g/mol. The first-order valence-corrected chi connectivity index (χ1v) is 13.1. The van der Waals surface area contributed by atoms with Crippen LogP contribution in [-0.2, 0) is 16.6 Å². The number of carbonyl (C=O) groups is 1. The lowest BCUT2D eigenvalue weighted by Gasteiger charge is -2.34. The van der Waals surface area contributed by atoms with E-state index in [0.717, 1.165) is 11.1 Å². The van der Waals surface area contributed by atoms with E-state index in [9.17, 15) is 13.2 Å². The van der Waals surface area contributed by atoms with Gasteiger partial charge in [-0.25, -0.2) is 8.42 Å². The highest BCUT2D eigenvalue weighted by Gasteiger charge is 2.28. The van der Waals surface area contributed by atoms with Crippen molar-refractivity contribution in [2.24, 2.45) is 0 Å². The fourth-order valence-electron chi connectivity index (χ4n) is 3.89. The predicted molar refractivity (Wildman–Crippen MR) is 136 cm³/mol. The summed E-state index contributed by atoms with van der Waals surface area (Å²) in [6, 6.07) is 19.2. The molecular formula is C25H25Cl2N3O3S. The van der Waals surface area contributed by atoms with Crippen LogP contribution < -0.4 is 5.32 Å². The fourth-order valence-corrected chi connectivity index (χ4v) is 5.83. The molecule has 3 aromatic rings. The molecule has 178 valence electrons. The Balaban J connectivity index is 1.36. The van der Waals surface area contributed by atoms with E-state index in [1.165, 1.54) is 4.31 Å². The van der Waals surface area contributed by atoms with Crippen LogP contribution in [0.15, 0.2) is 71.6 Å². The molecule has 1 amide bonds. The van der Waals surface area contributed by atoms with Gasteiger partial charge in [-0.3, -0.25) is 9.69 Å². The summed E-state index contributed by atoms with van der Waals surface area (Å²) in [5.41, 5.74) is 3.05. The Morgan fingerprint density at radius 1 is 0.912 bits per heavy atom. The minimum atomic E-state index is -3.49. The summed E-state index contributed by atoms with van der Waals surface area (Å²) in [7, 11) is -3.49. The molecule has 0 spiro atoms. The molecular weight excluding hydrogens is 493 g/mol. The van der Waals surface area contributed by atoms with Crippen LogP contribution in [-0.4, -0.2) is 49.7 Å². The number of carbonyl (C=O) groups excluding carboxylic acids is 1. The molecule has 34 heavy (non-hydrogen) atoms. The van der Waals surface area contributed by atoms with Crippen molar-refractivity contribution in [3.8, 4) is 0 Å². The van der Waals surface area contributed by atoms with Gasteiger partial charge >= 0.3 is 0 Å². The SMILES string of the molecule is Cc1ccc(S(=O)(=O)N2CCN(Cc3cccc(C(=O)Nc4cc(Cl)cc(Cl)c4)c3)CC2)cc1. The smallest absolute Gasteiger partial charge is 0.255 e. The summed E-state index contributed by atoms with van der Waals surface area (Å²) < 4.78 is 27.4. The molecule has 0 aliphatic carbocycles. The Morgan fingerprint density at radius 3 is 2.21 bits per heavy atom. The van der Waals surface area contributed by atoms with Crippen molar-refractivity contribution in [2.75, 3.05) is 31.5 Å². The highest BCUT2D eigenvalue weighted by Crippen LogP contribution is 2.23. The lowest BCUT2D eigenvalue weighted by atomic mass is 10.1. The highest BCUT2D eigenvalue weighted by atomic mass is 35.5. The van der Waals surface area contributed by atoms with Gasteiger partial charge in [0.2, 0.25) is 10.0 Å². The second-order valence-electron chi connectivity index (χ2n) is 8.31. The molecule has 0 saturated carbocycles. The summed E-state index contributed by atoms with van der Waals surface area (Å²) in [6.45, 7) is 4.63. The molecule has 9 heteroatoms. The number of nitrogens with one attached hydrogen (secondary N) is 1.